The molecule has 0 saturated carbocycles. The third-order valence-corrected chi connectivity index (χ3v) is 8.52. The molecule has 3 heterocycles. The predicted molar refractivity (Wildman–Crippen MR) is 164 cm³/mol. The number of imide groups is 1. The Labute approximate surface area is 254 Å². The number of carbonyl (C=O) groups is 2. The molecule has 2 N–H and O–H groups in total. The van der Waals surface area contributed by atoms with Crippen molar-refractivity contribution in [2.75, 3.05) is 23.3 Å². The van der Waals surface area contributed by atoms with Gasteiger partial charge in [0.15, 0.2) is 5.82 Å². The van der Waals surface area contributed by atoms with Crippen LogP contribution in [0, 0.1) is 13.8 Å². The highest BCUT2D eigenvalue weighted by Gasteiger charge is 2.41. The van der Waals surface area contributed by atoms with Crippen LogP contribution in [0.4, 0.5) is 16.3 Å². The first-order chi connectivity index (χ1) is 21.1. The van der Waals surface area contributed by atoms with E-state index in [1.807, 2.05) is 50.2 Å². The molecule has 0 unspecified atom stereocenters. The molecule has 5 aromatic rings. The van der Waals surface area contributed by atoms with E-state index in [2.05, 4.69) is 14.8 Å². The average molecular weight is 612 g/mol. The van der Waals surface area contributed by atoms with Gasteiger partial charge in [0.25, 0.3) is 15.9 Å². The van der Waals surface area contributed by atoms with Gasteiger partial charge in [-0.15, -0.1) is 0 Å². The number of aromatic amines is 1. The summed E-state index contributed by atoms with van der Waals surface area (Å²) in [5.41, 5.74) is 3.07. The third-order valence-electron chi connectivity index (χ3n) is 7.14. The van der Waals surface area contributed by atoms with Gasteiger partial charge in [-0.2, -0.15) is 10.1 Å². The average Bonchev–Trinajstić information content (AvgIpc) is 3.67. The topological polar surface area (TPSA) is 143 Å². The van der Waals surface area contributed by atoms with Crippen molar-refractivity contribution in [3.63, 3.8) is 0 Å². The minimum atomic E-state index is -4.01. The lowest BCUT2D eigenvalue weighted by Crippen LogP contribution is -2.33. The van der Waals surface area contributed by atoms with E-state index in [-0.39, 0.29) is 41.1 Å². The number of anilines is 2. The summed E-state index contributed by atoms with van der Waals surface area (Å²) in [6, 6.07) is 23.4. The summed E-state index contributed by atoms with van der Waals surface area (Å²) in [5, 5.41) is 4.51. The number of H-pyrrole nitrogens is 1. The maximum Gasteiger partial charge on any atom is 0.333 e. The van der Waals surface area contributed by atoms with Gasteiger partial charge in [0, 0.05) is 17.8 Å². The number of carbonyl (C=O) groups excluding carboxylic acids is 2. The summed E-state index contributed by atoms with van der Waals surface area (Å²) < 4.78 is 36.4. The van der Waals surface area contributed by atoms with E-state index in [0.717, 1.165) is 21.9 Å². The minimum Gasteiger partial charge on any atom is -0.497 e. The van der Waals surface area contributed by atoms with Crippen LogP contribution in [-0.4, -0.2) is 58.7 Å². The fourth-order valence-corrected chi connectivity index (χ4v) is 6.18. The third kappa shape index (κ3) is 5.40. The summed E-state index contributed by atoms with van der Waals surface area (Å²) in [4.78, 5) is 37.6. The van der Waals surface area contributed by atoms with Gasteiger partial charge in [-0.25, -0.2) is 22.8 Å². The zero-order valence-electron chi connectivity index (χ0n) is 24.2. The van der Waals surface area contributed by atoms with Gasteiger partial charge >= 0.3 is 6.03 Å². The fraction of sp³-hybridized carbons (Fsp3) is 0.161. The molecule has 0 radical (unpaired) electrons. The number of imidazole rings is 1. The first-order valence-corrected chi connectivity index (χ1v) is 15.2. The summed E-state index contributed by atoms with van der Waals surface area (Å²) >= 11 is 0. The number of ether oxygens (including phenoxy) is 1. The van der Waals surface area contributed by atoms with E-state index in [1.165, 1.54) is 24.1 Å². The molecule has 13 heteroatoms. The van der Waals surface area contributed by atoms with Crippen LogP contribution in [0.25, 0.3) is 17.2 Å². The summed E-state index contributed by atoms with van der Waals surface area (Å²) in [6.45, 7) is 3.76. The normalized spacial score (nSPS) is 13.5. The van der Waals surface area contributed by atoms with Gasteiger partial charge in [0.2, 0.25) is 5.95 Å². The van der Waals surface area contributed by atoms with Crippen molar-refractivity contribution in [1.29, 1.82) is 0 Å². The Morgan fingerprint density at radius 1 is 0.955 bits per heavy atom. The number of amides is 3. The standard InChI is InChI=1S/C31H29N7O5S/c1-20-16-21(2)38(34-20)30-32-28(29(33-30)37-27(39)19-36(31(37)40)18-22-10-6-4-7-11-22)25-17-23(43-3)14-15-26(25)35-44(41,42)24-12-8-5-9-13-24/h4-17,35H,18-19H2,1-3H3,(H,32,33). The highest BCUT2D eigenvalue weighted by Crippen LogP contribution is 2.39. The number of aryl methyl sites for hydroxylation is 2. The molecular formula is C31H29N7O5S. The van der Waals surface area contributed by atoms with E-state index >= 15 is 0 Å². The SMILES string of the molecule is COc1ccc(NS(=O)(=O)c2ccccc2)c(-c2[nH]c(-n3nc(C)cc3C)nc2N2C(=O)CN(Cc3ccccc3)C2=O)c1. The number of hydrogen-bond acceptors (Lipinski definition) is 7. The number of rotatable bonds is 9. The molecule has 1 saturated heterocycles. The molecule has 0 aliphatic carbocycles. The van der Waals surface area contributed by atoms with E-state index in [0.29, 0.717) is 11.3 Å². The molecule has 44 heavy (non-hydrogen) atoms. The number of nitrogens with zero attached hydrogens (tertiary/aromatic N) is 5. The molecule has 0 atom stereocenters. The van der Waals surface area contributed by atoms with Gasteiger partial charge in [0.05, 0.1) is 29.1 Å². The van der Waals surface area contributed by atoms with E-state index < -0.39 is 22.0 Å². The van der Waals surface area contributed by atoms with Gasteiger partial charge in [-0.3, -0.25) is 9.52 Å². The van der Waals surface area contributed by atoms with Crippen molar-refractivity contribution >= 4 is 33.5 Å². The maximum absolute atomic E-state index is 13.8. The largest absolute Gasteiger partial charge is 0.497 e. The van der Waals surface area contributed by atoms with Crippen LogP contribution in [0.15, 0.2) is 89.8 Å². The van der Waals surface area contributed by atoms with E-state index in [9.17, 15) is 18.0 Å². The molecule has 6 rings (SSSR count). The highest BCUT2D eigenvalue weighted by molar-refractivity contribution is 7.92. The second-order valence-electron chi connectivity index (χ2n) is 10.3. The number of urea groups is 1. The Balaban J connectivity index is 1.49. The minimum absolute atomic E-state index is 0.00604. The van der Waals surface area contributed by atoms with Gasteiger partial charge < -0.3 is 14.6 Å². The molecule has 0 spiro atoms. The lowest BCUT2D eigenvalue weighted by Gasteiger charge is -2.18. The van der Waals surface area contributed by atoms with Crippen molar-refractivity contribution in [2.24, 2.45) is 0 Å². The Morgan fingerprint density at radius 3 is 2.32 bits per heavy atom. The lowest BCUT2D eigenvalue weighted by molar-refractivity contribution is -0.116. The Bertz CT molecular complexity index is 1970. The van der Waals surface area contributed by atoms with Gasteiger partial charge in [0.1, 0.15) is 12.3 Å². The first-order valence-electron chi connectivity index (χ1n) is 13.7. The molecular weight excluding hydrogens is 582 g/mol. The van der Waals surface area contributed by atoms with Crippen molar-refractivity contribution in [3.8, 4) is 23.0 Å². The quantitative estimate of drug-likeness (QED) is 0.231. The Morgan fingerprint density at radius 2 is 1.66 bits per heavy atom. The van der Waals surface area contributed by atoms with Crippen molar-refractivity contribution in [2.45, 2.75) is 25.3 Å². The van der Waals surface area contributed by atoms with Crippen LogP contribution in [0.3, 0.4) is 0 Å². The lowest BCUT2D eigenvalue weighted by atomic mass is 10.1. The molecule has 0 bridgehead atoms. The van der Waals surface area contributed by atoms with Gasteiger partial charge in [-0.1, -0.05) is 48.5 Å². The molecule has 1 fully saturated rings. The second-order valence-corrected chi connectivity index (χ2v) is 12.0. The monoisotopic (exact) mass is 611 g/mol. The highest BCUT2D eigenvalue weighted by atomic mass is 32.2. The van der Waals surface area contributed by atoms with Crippen LogP contribution in [0.2, 0.25) is 0 Å². The second kappa shape index (κ2) is 11.3. The molecule has 3 amide bonds. The predicted octanol–water partition coefficient (Wildman–Crippen LogP) is 4.66. The van der Waals surface area contributed by atoms with E-state index in [4.69, 9.17) is 9.72 Å². The molecule has 224 valence electrons. The number of aromatic nitrogens is 4. The smallest absolute Gasteiger partial charge is 0.333 e. The van der Waals surface area contributed by atoms with Crippen LogP contribution in [0.5, 0.6) is 5.75 Å². The number of sulfonamides is 1. The Hall–Kier alpha value is -5.43. The number of methoxy groups -OCH3 is 1. The van der Waals surface area contributed by atoms with Crippen LogP contribution in [-0.2, 0) is 21.4 Å². The van der Waals surface area contributed by atoms with Gasteiger partial charge in [-0.05, 0) is 55.8 Å². The van der Waals surface area contributed by atoms with Crippen LogP contribution < -0.4 is 14.4 Å². The zero-order chi connectivity index (χ0) is 31.0. The summed E-state index contributed by atoms with van der Waals surface area (Å²) in [6.07, 6.45) is 0. The molecule has 1 aliphatic rings. The summed E-state index contributed by atoms with van der Waals surface area (Å²) in [7, 11) is -2.52. The molecule has 1 aliphatic heterocycles. The van der Waals surface area contributed by atoms with E-state index in [1.54, 1.807) is 41.1 Å². The maximum atomic E-state index is 13.8. The summed E-state index contributed by atoms with van der Waals surface area (Å²) in [5.74, 6) is 0.183. The van der Waals surface area contributed by atoms with Crippen molar-refractivity contribution < 1.29 is 22.7 Å². The van der Waals surface area contributed by atoms with Crippen molar-refractivity contribution in [1.82, 2.24) is 24.6 Å². The van der Waals surface area contributed by atoms with Crippen LogP contribution in [0.1, 0.15) is 17.0 Å². The Kier molecular flexibility index (Phi) is 7.39. The molecule has 2 aromatic heterocycles. The first kappa shape index (κ1) is 28.7. The van der Waals surface area contributed by atoms with Crippen LogP contribution >= 0.6 is 0 Å². The number of benzene rings is 3. The number of nitrogens with one attached hydrogen (secondary N) is 2. The molecule has 12 nitrogen and oxygen atoms in total. The number of hydrogen-bond donors (Lipinski definition) is 2. The zero-order valence-corrected chi connectivity index (χ0v) is 25.0. The fourth-order valence-electron chi connectivity index (χ4n) is 5.08. The van der Waals surface area contributed by atoms with Crippen molar-refractivity contribution in [3.05, 3.63) is 102 Å². The molecule has 3 aromatic carbocycles.